The maximum atomic E-state index is 12.8. The molecule has 4 rings (SSSR count). The summed E-state index contributed by atoms with van der Waals surface area (Å²) >= 11 is 0. The predicted molar refractivity (Wildman–Crippen MR) is 199 cm³/mol. The lowest BCUT2D eigenvalue weighted by molar-refractivity contribution is -0.227. The second-order valence-corrected chi connectivity index (χ2v) is 17.0. The fraction of sp³-hybridized carbons (Fsp3) is 0.976. The minimum Gasteiger partial charge on any atom is -0.466 e. The number of esters is 1. The van der Waals surface area contributed by atoms with E-state index >= 15 is 0 Å². The number of ether oxygens (including phenoxy) is 4. The Morgan fingerprint density at radius 2 is 1.43 bits per heavy atom. The van der Waals surface area contributed by atoms with E-state index in [0.29, 0.717) is 74.3 Å². The van der Waals surface area contributed by atoms with Crippen LogP contribution < -0.4 is 17.2 Å². The minimum atomic E-state index is -0.0261. The number of unbranched alkanes of at least 4 members (excludes halogenated alkanes) is 5. The molecule has 0 saturated heterocycles. The lowest BCUT2D eigenvalue weighted by Crippen LogP contribution is -2.63. The summed E-state index contributed by atoms with van der Waals surface area (Å²) in [4.78, 5) is 12.8. The van der Waals surface area contributed by atoms with Crippen LogP contribution in [0.3, 0.4) is 0 Å². The fourth-order valence-corrected chi connectivity index (χ4v) is 11.3. The van der Waals surface area contributed by atoms with Gasteiger partial charge in [0.2, 0.25) is 0 Å². The van der Waals surface area contributed by atoms with Gasteiger partial charge in [-0.1, -0.05) is 59.8 Å². The highest BCUT2D eigenvalue weighted by Gasteiger charge is 2.66. The van der Waals surface area contributed by atoms with Gasteiger partial charge in [0.1, 0.15) is 0 Å². The summed E-state index contributed by atoms with van der Waals surface area (Å²) in [7, 11) is 0. The maximum Gasteiger partial charge on any atom is 0.305 e. The highest BCUT2D eigenvalue weighted by molar-refractivity contribution is 5.69. The second-order valence-electron chi connectivity index (χ2n) is 17.0. The molecule has 0 spiro atoms. The van der Waals surface area contributed by atoms with Crippen LogP contribution in [0.15, 0.2) is 0 Å². The van der Waals surface area contributed by atoms with Gasteiger partial charge in [-0.2, -0.15) is 0 Å². The van der Waals surface area contributed by atoms with Gasteiger partial charge in [0.25, 0.3) is 0 Å². The van der Waals surface area contributed by atoms with Gasteiger partial charge < -0.3 is 36.1 Å². The maximum absolute atomic E-state index is 12.8. The summed E-state index contributed by atoms with van der Waals surface area (Å²) in [5, 5.41) is 0. The first-order valence-electron chi connectivity index (χ1n) is 20.8. The molecule has 0 unspecified atom stereocenters. The van der Waals surface area contributed by atoms with Crippen molar-refractivity contribution in [3.8, 4) is 0 Å². The van der Waals surface area contributed by atoms with Gasteiger partial charge in [-0.15, -0.1) is 0 Å². The summed E-state index contributed by atoms with van der Waals surface area (Å²) in [6, 6.07) is 0. The molecule has 11 atom stereocenters. The summed E-state index contributed by atoms with van der Waals surface area (Å²) in [5.41, 5.74) is 18.0. The molecule has 4 saturated carbocycles. The molecule has 0 radical (unpaired) electrons. The summed E-state index contributed by atoms with van der Waals surface area (Å²) in [5.74, 6) is 3.12. The fourth-order valence-electron chi connectivity index (χ4n) is 11.3. The molecule has 286 valence electrons. The van der Waals surface area contributed by atoms with Crippen molar-refractivity contribution in [1.29, 1.82) is 0 Å². The number of rotatable bonds is 23. The van der Waals surface area contributed by atoms with Crippen molar-refractivity contribution in [2.24, 2.45) is 63.5 Å². The van der Waals surface area contributed by atoms with Crippen LogP contribution in [0.1, 0.15) is 143 Å². The molecule has 6 N–H and O–H groups in total. The van der Waals surface area contributed by atoms with Gasteiger partial charge in [0.05, 0.1) is 24.9 Å². The smallest absolute Gasteiger partial charge is 0.305 e. The van der Waals surface area contributed by atoms with Crippen molar-refractivity contribution in [1.82, 2.24) is 0 Å². The van der Waals surface area contributed by atoms with Crippen molar-refractivity contribution in [3.05, 3.63) is 0 Å². The highest BCUT2D eigenvalue weighted by Crippen LogP contribution is 2.69. The Hall–Kier alpha value is -0.770. The quantitative estimate of drug-likeness (QED) is 0.0747. The third kappa shape index (κ3) is 10.2. The molecular formula is C41H77N3O5. The van der Waals surface area contributed by atoms with Crippen LogP contribution in [0, 0.1) is 46.3 Å². The number of fused-ring (bicyclic) bond motifs is 5. The third-order valence-corrected chi connectivity index (χ3v) is 14.1. The van der Waals surface area contributed by atoms with Crippen LogP contribution >= 0.6 is 0 Å². The van der Waals surface area contributed by atoms with Gasteiger partial charge in [0.15, 0.2) is 0 Å². The zero-order valence-corrected chi connectivity index (χ0v) is 32.1. The topological polar surface area (TPSA) is 132 Å². The molecule has 4 aliphatic rings. The molecule has 0 aromatic carbocycles. The Kier molecular flexibility index (Phi) is 17.1. The van der Waals surface area contributed by atoms with Gasteiger partial charge in [0, 0.05) is 31.7 Å². The lowest BCUT2D eigenvalue weighted by Gasteiger charge is -2.65. The van der Waals surface area contributed by atoms with Crippen molar-refractivity contribution in [2.75, 3.05) is 46.1 Å². The van der Waals surface area contributed by atoms with Gasteiger partial charge >= 0.3 is 5.97 Å². The largest absolute Gasteiger partial charge is 0.466 e. The molecule has 49 heavy (non-hydrogen) atoms. The molecule has 4 aliphatic carbocycles. The Morgan fingerprint density at radius 3 is 2.14 bits per heavy atom. The molecule has 8 nitrogen and oxygen atoms in total. The van der Waals surface area contributed by atoms with E-state index in [1.807, 2.05) is 0 Å². The van der Waals surface area contributed by atoms with Crippen molar-refractivity contribution >= 4 is 5.97 Å². The first-order chi connectivity index (χ1) is 23.7. The molecule has 0 heterocycles. The number of hydrogen-bond donors (Lipinski definition) is 3. The van der Waals surface area contributed by atoms with Crippen molar-refractivity contribution in [3.63, 3.8) is 0 Å². The first-order valence-corrected chi connectivity index (χ1v) is 20.8. The van der Waals surface area contributed by atoms with E-state index < -0.39 is 0 Å². The predicted octanol–water partition coefficient (Wildman–Crippen LogP) is 7.39. The van der Waals surface area contributed by atoms with Crippen LogP contribution in [0.25, 0.3) is 0 Å². The molecule has 0 aromatic rings. The molecule has 8 heteroatoms. The molecular weight excluding hydrogens is 614 g/mol. The highest BCUT2D eigenvalue weighted by atomic mass is 16.5. The Labute approximate surface area is 300 Å². The van der Waals surface area contributed by atoms with Gasteiger partial charge in [-0.3, -0.25) is 4.79 Å². The SMILES string of the molecule is CCCCCCCCOC(=O)CC[C@@H](C)[C@H]1CC[C@H]2[C@@H]3[C@H](OCCCN)C[C@@H]4C[C@H](OCCCN)CC[C@]4(C)[C@H]3C[C@H](OCCCN)[C@]12C. The molecule has 0 bridgehead atoms. The monoisotopic (exact) mass is 692 g/mol. The number of hydrogen-bond acceptors (Lipinski definition) is 8. The standard InChI is InChI=1S/C41H77N3O5/c1-5-6-7-8-9-10-23-49-38(45)17-14-30(2)33-15-16-34-39-35(29-37(41(33,34)4)48-26-13-22-44)40(3)19-18-32(46-24-11-20-42)27-31(40)28-36(39)47-25-12-21-43/h30-37,39H,5-29,42-44H2,1-4H3/t30-,31+,32-,33-,34+,35+,36-,37+,39+,40+,41-/m1/s1. The molecule has 4 fully saturated rings. The van der Waals surface area contributed by atoms with E-state index in [-0.39, 0.29) is 29.0 Å². The zero-order chi connectivity index (χ0) is 35.3. The van der Waals surface area contributed by atoms with Crippen molar-refractivity contribution in [2.45, 2.75) is 162 Å². The average Bonchev–Trinajstić information content (AvgIpc) is 3.45. The van der Waals surface area contributed by atoms with Gasteiger partial charge in [-0.05, 0) is 138 Å². The first kappa shape index (κ1) is 41.0. The normalized spacial score (nSPS) is 36.1. The minimum absolute atomic E-state index is 0.0261. The van der Waals surface area contributed by atoms with Crippen LogP contribution in [0.2, 0.25) is 0 Å². The number of nitrogens with two attached hydrogens (primary N) is 3. The summed E-state index contributed by atoms with van der Waals surface area (Å²) < 4.78 is 25.9. The van der Waals surface area contributed by atoms with E-state index in [1.165, 1.54) is 44.9 Å². The van der Waals surface area contributed by atoms with E-state index in [0.717, 1.165) is 84.0 Å². The number of carbonyl (C=O) groups excluding carboxylic acids is 1. The Bertz CT molecular complexity index is 954. The average molecular weight is 692 g/mol. The van der Waals surface area contributed by atoms with Crippen molar-refractivity contribution < 1.29 is 23.7 Å². The van der Waals surface area contributed by atoms with E-state index in [4.69, 9.17) is 36.1 Å². The molecule has 0 aliphatic heterocycles. The third-order valence-electron chi connectivity index (χ3n) is 14.1. The van der Waals surface area contributed by atoms with Crippen LogP contribution in [0.4, 0.5) is 0 Å². The van der Waals surface area contributed by atoms with E-state index in [2.05, 4.69) is 27.7 Å². The zero-order valence-electron chi connectivity index (χ0n) is 32.1. The molecule has 0 aromatic heterocycles. The number of carbonyl (C=O) groups is 1. The Balaban J connectivity index is 1.49. The van der Waals surface area contributed by atoms with E-state index in [1.54, 1.807) is 0 Å². The van der Waals surface area contributed by atoms with Crippen LogP contribution in [-0.2, 0) is 23.7 Å². The van der Waals surface area contributed by atoms with Crippen LogP contribution in [-0.4, -0.2) is 70.3 Å². The molecule has 0 amide bonds. The summed E-state index contributed by atoms with van der Waals surface area (Å²) in [6.07, 6.45) is 20.2. The Morgan fingerprint density at radius 1 is 0.755 bits per heavy atom. The van der Waals surface area contributed by atoms with Crippen LogP contribution in [0.5, 0.6) is 0 Å². The lowest BCUT2D eigenvalue weighted by atomic mass is 9.43. The van der Waals surface area contributed by atoms with Gasteiger partial charge in [-0.25, -0.2) is 0 Å². The second kappa shape index (κ2) is 20.5. The summed E-state index contributed by atoms with van der Waals surface area (Å²) in [6.45, 7) is 14.6. The van der Waals surface area contributed by atoms with E-state index in [9.17, 15) is 4.79 Å².